The lowest BCUT2D eigenvalue weighted by molar-refractivity contribution is -0.386. The van der Waals surface area contributed by atoms with Crippen LogP contribution in [-0.4, -0.2) is 26.1 Å². The lowest BCUT2D eigenvalue weighted by Gasteiger charge is -2.07. The molecule has 1 unspecified atom stereocenters. The monoisotopic (exact) mass is 276 g/mol. The molecule has 0 aliphatic heterocycles. The molecule has 7 nitrogen and oxygen atoms in total. The van der Waals surface area contributed by atoms with Crippen molar-refractivity contribution < 1.29 is 19.9 Å². The molecule has 0 fully saturated rings. The number of carboxylic acid groups (broad SMARTS) is 1. The van der Waals surface area contributed by atoms with Gasteiger partial charge in [0.15, 0.2) is 6.10 Å². The fourth-order valence-electron chi connectivity index (χ4n) is 0.974. The quantitative estimate of drug-likeness (QED) is 0.626. The Kier molecular flexibility index (Phi) is 3.32. The lowest BCUT2D eigenvalue weighted by atomic mass is 10.1. The first-order valence-corrected chi connectivity index (χ1v) is 4.43. The summed E-state index contributed by atoms with van der Waals surface area (Å²) in [6, 6.07) is 0. The first-order chi connectivity index (χ1) is 6.95. The highest BCUT2D eigenvalue weighted by Crippen LogP contribution is 2.31. The van der Waals surface area contributed by atoms with E-state index in [-0.39, 0.29) is 10.0 Å². The van der Waals surface area contributed by atoms with E-state index >= 15 is 0 Å². The number of carbonyl (C=O) groups is 1. The number of aromatic nitrogens is 1. The smallest absolute Gasteiger partial charge is 0.337 e. The average molecular weight is 277 g/mol. The van der Waals surface area contributed by atoms with Crippen LogP contribution in [0.1, 0.15) is 11.7 Å². The number of aliphatic hydroxyl groups excluding tert-OH is 1. The van der Waals surface area contributed by atoms with Gasteiger partial charge in [-0.15, -0.1) is 0 Å². The van der Waals surface area contributed by atoms with Crippen LogP contribution in [0.2, 0.25) is 0 Å². The standard InChI is InChI=1S/C7H5BrN2O5/c8-3-1-9-2-4(10(14)15)5(3)6(11)7(12)13/h1-2,6,11H,(H,12,13). The summed E-state index contributed by atoms with van der Waals surface area (Å²) in [6.07, 6.45) is 0.101. The highest BCUT2D eigenvalue weighted by molar-refractivity contribution is 9.10. The van der Waals surface area contributed by atoms with E-state index in [1.807, 2.05) is 0 Å². The molecule has 1 rings (SSSR count). The molecule has 0 amide bonds. The SMILES string of the molecule is O=C(O)C(O)c1c(Br)cncc1[N+](=O)[O-]. The summed E-state index contributed by atoms with van der Waals surface area (Å²) < 4.78 is 0.0756. The number of hydrogen-bond acceptors (Lipinski definition) is 5. The molecule has 0 aliphatic rings. The third-order valence-corrected chi connectivity index (χ3v) is 2.25. The summed E-state index contributed by atoms with van der Waals surface area (Å²) in [4.78, 5) is 23.8. The number of rotatable bonds is 3. The minimum atomic E-state index is -1.96. The van der Waals surface area contributed by atoms with Crippen LogP contribution in [0.15, 0.2) is 16.9 Å². The van der Waals surface area contributed by atoms with Crippen LogP contribution in [0.3, 0.4) is 0 Å². The summed E-state index contributed by atoms with van der Waals surface area (Å²) in [5.74, 6) is -1.56. The molecule has 0 aliphatic carbocycles. The Hall–Kier alpha value is -1.54. The Bertz CT molecular complexity index is 422. The Balaban J connectivity index is 3.37. The highest BCUT2D eigenvalue weighted by Gasteiger charge is 2.28. The fourth-order valence-corrected chi connectivity index (χ4v) is 1.51. The molecule has 0 aromatic carbocycles. The van der Waals surface area contributed by atoms with Gasteiger partial charge in [-0.25, -0.2) is 4.79 Å². The van der Waals surface area contributed by atoms with Crippen LogP contribution in [0.5, 0.6) is 0 Å². The number of nitrogens with zero attached hydrogens (tertiary/aromatic N) is 2. The second-order valence-corrected chi connectivity index (χ2v) is 3.41. The number of nitro groups is 1. The number of pyridine rings is 1. The highest BCUT2D eigenvalue weighted by atomic mass is 79.9. The minimum absolute atomic E-state index is 0.0756. The molecule has 15 heavy (non-hydrogen) atoms. The van der Waals surface area contributed by atoms with Crippen LogP contribution in [0.25, 0.3) is 0 Å². The molecule has 0 saturated heterocycles. The van der Waals surface area contributed by atoms with E-state index in [9.17, 15) is 20.0 Å². The zero-order valence-corrected chi connectivity index (χ0v) is 8.71. The van der Waals surface area contributed by atoms with E-state index < -0.39 is 22.7 Å². The van der Waals surface area contributed by atoms with Gasteiger partial charge < -0.3 is 10.2 Å². The van der Waals surface area contributed by atoms with Crippen LogP contribution in [0.4, 0.5) is 5.69 Å². The third kappa shape index (κ3) is 2.28. The summed E-state index contributed by atoms with van der Waals surface area (Å²) in [5.41, 5.74) is -0.859. The van der Waals surface area contributed by atoms with Gasteiger partial charge in [-0.2, -0.15) is 0 Å². The zero-order valence-electron chi connectivity index (χ0n) is 7.12. The van der Waals surface area contributed by atoms with Gasteiger partial charge in [0.2, 0.25) is 0 Å². The van der Waals surface area contributed by atoms with Crippen molar-refractivity contribution in [3.8, 4) is 0 Å². The van der Waals surface area contributed by atoms with E-state index in [0.717, 1.165) is 6.20 Å². The Morgan fingerprint density at radius 1 is 1.60 bits per heavy atom. The van der Waals surface area contributed by atoms with E-state index in [0.29, 0.717) is 0 Å². The molecule has 1 aromatic heterocycles. The second-order valence-electron chi connectivity index (χ2n) is 2.55. The molecule has 1 aromatic rings. The Morgan fingerprint density at radius 3 is 2.67 bits per heavy atom. The molecule has 8 heteroatoms. The minimum Gasteiger partial charge on any atom is -0.479 e. The van der Waals surface area contributed by atoms with Crippen LogP contribution >= 0.6 is 15.9 Å². The fraction of sp³-hybridized carbons (Fsp3) is 0.143. The number of aliphatic hydroxyl groups is 1. The molecular weight excluding hydrogens is 272 g/mol. The summed E-state index contributed by atoms with van der Waals surface area (Å²) in [7, 11) is 0. The van der Waals surface area contributed by atoms with Gasteiger partial charge >= 0.3 is 5.97 Å². The zero-order chi connectivity index (χ0) is 11.6. The van der Waals surface area contributed by atoms with E-state index in [1.165, 1.54) is 6.20 Å². The van der Waals surface area contributed by atoms with Gasteiger partial charge in [0.1, 0.15) is 6.20 Å². The maximum Gasteiger partial charge on any atom is 0.337 e. The van der Waals surface area contributed by atoms with Crippen molar-refractivity contribution in [2.45, 2.75) is 6.10 Å². The van der Waals surface area contributed by atoms with Gasteiger partial charge in [0.05, 0.1) is 10.5 Å². The Labute approximate surface area is 91.7 Å². The average Bonchev–Trinajstić information content (AvgIpc) is 2.16. The molecule has 0 saturated carbocycles. The first-order valence-electron chi connectivity index (χ1n) is 3.63. The van der Waals surface area contributed by atoms with E-state index in [2.05, 4.69) is 20.9 Å². The van der Waals surface area contributed by atoms with Crippen LogP contribution in [0, 0.1) is 10.1 Å². The van der Waals surface area contributed by atoms with Gasteiger partial charge in [-0.3, -0.25) is 15.1 Å². The van der Waals surface area contributed by atoms with Crippen molar-refractivity contribution in [1.82, 2.24) is 4.98 Å². The first kappa shape index (κ1) is 11.5. The van der Waals surface area contributed by atoms with Crippen molar-refractivity contribution >= 4 is 27.6 Å². The van der Waals surface area contributed by atoms with E-state index in [4.69, 9.17) is 5.11 Å². The summed E-state index contributed by atoms with van der Waals surface area (Å²) in [6.45, 7) is 0. The number of halogens is 1. The third-order valence-electron chi connectivity index (χ3n) is 1.62. The number of aliphatic carboxylic acids is 1. The van der Waals surface area contributed by atoms with Crippen molar-refractivity contribution in [2.24, 2.45) is 0 Å². The molecule has 1 heterocycles. The van der Waals surface area contributed by atoms with Gasteiger partial charge in [-0.05, 0) is 15.9 Å². The Morgan fingerprint density at radius 2 is 2.20 bits per heavy atom. The van der Waals surface area contributed by atoms with Crippen LogP contribution in [-0.2, 0) is 4.79 Å². The van der Waals surface area contributed by atoms with Crippen molar-refractivity contribution in [3.05, 3.63) is 32.5 Å². The van der Waals surface area contributed by atoms with Crippen molar-refractivity contribution in [3.63, 3.8) is 0 Å². The maximum atomic E-state index is 10.5. The molecule has 1 atom stereocenters. The number of hydrogen-bond donors (Lipinski definition) is 2. The molecule has 0 spiro atoms. The van der Waals surface area contributed by atoms with E-state index in [1.54, 1.807) is 0 Å². The predicted molar refractivity (Wildman–Crippen MR) is 51.2 cm³/mol. The molecule has 0 radical (unpaired) electrons. The summed E-state index contributed by atoms with van der Waals surface area (Å²) >= 11 is 2.89. The van der Waals surface area contributed by atoms with Crippen molar-refractivity contribution in [1.29, 1.82) is 0 Å². The topological polar surface area (TPSA) is 114 Å². The molecule has 2 N–H and O–H groups in total. The van der Waals surface area contributed by atoms with Gasteiger partial charge in [0.25, 0.3) is 5.69 Å². The maximum absolute atomic E-state index is 10.5. The van der Waals surface area contributed by atoms with Crippen LogP contribution < -0.4 is 0 Å². The number of carboxylic acids is 1. The molecule has 0 bridgehead atoms. The predicted octanol–water partition coefficient (Wildman–Crippen LogP) is 0.870. The second kappa shape index (κ2) is 4.32. The summed E-state index contributed by atoms with van der Waals surface area (Å²) in [5, 5.41) is 28.3. The largest absolute Gasteiger partial charge is 0.479 e. The lowest BCUT2D eigenvalue weighted by Crippen LogP contribution is -2.13. The molecular formula is C7H5BrN2O5. The van der Waals surface area contributed by atoms with Gasteiger partial charge in [-0.1, -0.05) is 0 Å². The molecule has 80 valence electrons. The van der Waals surface area contributed by atoms with Gasteiger partial charge in [0, 0.05) is 10.7 Å². The normalized spacial score (nSPS) is 12.1. The van der Waals surface area contributed by atoms with Crippen molar-refractivity contribution in [2.75, 3.05) is 0 Å².